The molecule has 1 aliphatic rings. The number of amides is 4. The summed E-state index contributed by atoms with van der Waals surface area (Å²) in [5.41, 5.74) is 2.84. The molecule has 1 heterocycles. The van der Waals surface area contributed by atoms with Crippen LogP contribution in [-0.4, -0.2) is 59.4 Å². The Kier molecular flexibility index (Phi) is 8.96. The normalized spacial score (nSPS) is 16.0. The first-order chi connectivity index (χ1) is 17.7. The van der Waals surface area contributed by atoms with Crippen molar-refractivity contribution >= 4 is 35.3 Å². The van der Waals surface area contributed by atoms with Crippen molar-refractivity contribution in [3.63, 3.8) is 0 Å². The second-order valence-corrected chi connectivity index (χ2v) is 9.27. The summed E-state index contributed by atoms with van der Waals surface area (Å²) in [4.78, 5) is 36.8. The Morgan fingerprint density at radius 3 is 2.29 bits per heavy atom. The summed E-state index contributed by atoms with van der Waals surface area (Å²) in [7, 11) is 0. The third kappa shape index (κ3) is 8.43. The smallest absolute Gasteiger partial charge is 0.406 e. The van der Waals surface area contributed by atoms with Gasteiger partial charge in [-0.1, -0.05) is 6.07 Å². The zero-order chi connectivity index (χ0) is 28.1. The number of alkyl halides is 6. The maximum atomic E-state index is 14.6. The van der Waals surface area contributed by atoms with Crippen molar-refractivity contribution in [2.75, 3.05) is 24.2 Å². The van der Waals surface area contributed by atoms with Crippen LogP contribution in [0, 0.1) is 5.82 Å². The predicted octanol–water partition coefficient (Wildman–Crippen LogP) is 4.24. The molecule has 1 atom stereocenters. The van der Waals surface area contributed by atoms with E-state index in [1.807, 2.05) is 0 Å². The first-order valence-electron chi connectivity index (χ1n) is 10.7. The van der Waals surface area contributed by atoms with E-state index in [1.54, 1.807) is 5.43 Å². The number of hydrogen-bond donors (Lipinski definition) is 3. The fraction of sp³-hybridized carbons (Fsp3) is 0.318. The molecule has 0 aromatic heterocycles. The third-order valence-electron chi connectivity index (χ3n) is 5.08. The SMILES string of the molecule is O=C(NNC(=O)C(F)(F)F)c1ccc(CC2CN(C(=O)Nc3ccc(OC(F)(F)F)cc3)CCS2)c(F)c1. The summed E-state index contributed by atoms with van der Waals surface area (Å²) in [5, 5.41) is 2.33. The fourth-order valence-corrected chi connectivity index (χ4v) is 4.57. The minimum Gasteiger partial charge on any atom is -0.406 e. The lowest BCUT2D eigenvalue weighted by atomic mass is 10.1. The van der Waals surface area contributed by atoms with Gasteiger partial charge in [-0.25, -0.2) is 9.18 Å². The molecule has 2 aromatic rings. The van der Waals surface area contributed by atoms with Crippen molar-refractivity contribution in [2.24, 2.45) is 0 Å². The molecule has 206 valence electrons. The molecule has 0 bridgehead atoms. The predicted molar refractivity (Wildman–Crippen MR) is 122 cm³/mol. The van der Waals surface area contributed by atoms with Gasteiger partial charge in [-0.05, 0) is 48.4 Å². The van der Waals surface area contributed by atoms with Crippen LogP contribution < -0.4 is 20.9 Å². The number of hydrogen-bond acceptors (Lipinski definition) is 5. The third-order valence-corrected chi connectivity index (χ3v) is 6.28. The van der Waals surface area contributed by atoms with Gasteiger partial charge in [0.1, 0.15) is 11.6 Å². The molecule has 3 N–H and O–H groups in total. The average Bonchev–Trinajstić information content (AvgIpc) is 2.83. The number of thioether (sulfide) groups is 1. The maximum Gasteiger partial charge on any atom is 0.573 e. The van der Waals surface area contributed by atoms with E-state index in [0.29, 0.717) is 12.3 Å². The van der Waals surface area contributed by atoms with E-state index in [0.717, 1.165) is 18.2 Å². The second-order valence-electron chi connectivity index (χ2n) is 7.86. The first kappa shape index (κ1) is 28.9. The number of rotatable bonds is 5. The highest BCUT2D eigenvalue weighted by atomic mass is 32.2. The van der Waals surface area contributed by atoms with Crippen LogP contribution in [0.15, 0.2) is 42.5 Å². The number of benzene rings is 2. The van der Waals surface area contributed by atoms with Crippen LogP contribution in [0.3, 0.4) is 0 Å². The molecule has 3 rings (SSSR count). The Morgan fingerprint density at radius 2 is 1.68 bits per heavy atom. The Morgan fingerprint density at radius 1 is 1.00 bits per heavy atom. The Hall–Kier alpha value is -3.69. The van der Waals surface area contributed by atoms with Crippen molar-refractivity contribution in [1.82, 2.24) is 15.8 Å². The molecule has 1 unspecified atom stereocenters. The van der Waals surface area contributed by atoms with Crippen molar-refractivity contribution in [3.8, 4) is 5.75 Å². The average molecular weight is 568 g/mol. The Labute approximate surface area is 214 Å². The number of carbonyl (C=O) groups excluding carboxylic acids is 3. The minimum absolute atomic E-state index is 0.163. The van der Waals surface area contributed by atoms with Crippen molar-refractivity contribution < 1.29 is 49.9 Å². The lowest BCUT2D eigenvalue weighted by molar-refractivity contribution is -0.274. The molecule has 1 fully saturated rings. The van der Waals surface area contributed by atoms with Gasteiger partial charge in [0.15, 0.2) is 0 Å². The summed E-state index contributed by atoms with van der Waals surface area (Å²) in [6.07, 6.45) is -9.89. The molecule has 38 heavy (non-hydrogen) atoms. The molecule has 1 saturated heterocycles. The lowest BCUT2D eigenvalue weighted by Gasteiger charge is -2.32. The van der Waals surface area contributed by atoms with Gasteiger partial charge in [-0.3, -0.25) is 20.4 Å². The fourth-order valence-electron chi connectivity index (χ4n) is 3.33. The van der Waals surface area contributed by atoms with E-state index in [4.69, 9.17) is 0 Å². The summed E-state index contributed by atoms with van der Waals surface area (Å²) in [5.74, 6) is -4.26. The molecule has 8 nitrogen and oxygen atoms in total. The molecular formula is C22H19F7N4O4S. The van der Waals surface area contributed by atoms with Crippen LogP contribution in [0.2, 0.25) is 0 Å². The largest absolute Gasteiger partial charge is 0.573 e. The van der Waals surface area contributed by atoms with Crippen LogP contribution >= 0.6 is 11.8 Å². The molecule has 16 heteroatoms. The van der Waals surface area contributed by atoms with Gasteiger partial charge in [0, 0.05) is 35.3 Å². The molecule has 0 saturated carbocycles. The van der Waals surface area contributed by atoms with Gasteiger partial charge >= 0.3 is 24.5 Å². The van der Waals surface area contributed by atoms with E-state index >= 15 is 0 Å². The molecule has 1 aliphatic heterocycles. The topological polar surface area (TPSA) is 99.8 Å². The van der Waals surface area contributed by atoms with Crippen LogP contribution in [0.1, 0.15) is 15.9 Å². The van der Waals surface area contributed by atoms with Crippen LogP contribution in [-0.2, 0) is 11.2 Å². The van der Waals surface area contributed by atoms with E-state index < -0.39 is 42.0 Å². The van der Waals surface area contributed by atoms with Gasteiger partial charge < -0.3 is 15.0 Å². The molecule has 0 aliphatic carbocycles. The summed E-state index contributed by atoms with van der Waals surface area (Å²) < 4.78 is 91.8. The molecule has 4 amide bonds. The number of halogens is 7. The lowest BCUT2D eigenvalue weighted by Crippen LogP contribution is -2.47. The van der Waals surface area contributed by atoms with E-state index in [-0.39, 0.29) is 35.0 Å². The number of urea groups is 1. The van der Waals surface area contributed by atoms with Crippen molar-refractivity contribution in [2.45, 2.75) is 24.2 Å². The molecule has 0 spiro atoms. The van der Waals surface area contributed by atoms with Gasteiger partial charge in [-0.15, -0.1) is 13.2 Å². The minimum atomic E-state index is -5.21. The van der Waals surface area contributed by atoms with E-state index in [1.165, 1.54) is 46.4 Å². The monoisotopic (exact) mass is 568 g/mol. The zero-order valence-corrected chi connectivity index (χ0v) is 19.9. The molecule has 0 radical (unpaired) electrons. The molecule has 2 aromatic carbocycles. The van der Waals surface area contributed by atoms with Crippen LogP contribution in [0.4, 0.5) is 41.2 Å². The quantitative estimate of drug-likeness (QED) is 0.370. The van der Waals surface area contributed by atoms with Gasteiger partial charge in [-0.2, -0.15) is 24.9 Å². The standard InChI is InChI=1S/C22H19F7N4O4S/c23-17-10-13(18(34)31-32-19(35)21(24,25)26)2-1-12(17)9-16-11-33(7-8-38-16)20(36)30-14-3-5-15(6-4-14)37-22(27,28)29/h1-6,10,16H,7-9,11H2,(H,30,36)(H,31,34)(H,32,35). The van der Waals surface area contributed by atoms with Crippen LogP contribution in [0.25, 0.3) is 0 Å². The highest BCUT2D eigenvalue weighted by Crippen LogP contribution is 2.26. The zero-order valence-electron chi connectivity index (χ0n) is 19.1. The summed E-state index contributed by atoms with van der Waals surface area (Å²) in [6, 6.07) is 7.36. The van der Waals surface area contributed by atoms with Crippen molar-refractivity contribution in [3.05, 3.63) is 59.4 Å². The maximum absolute atomic E-state index is 14.6. The van der Waals surface area contributed by atoms with Crippen LogP contribution in [0.5, 0.6) is 5.75 Å². The number of anilines is 1. The number of carbonyl (C=O) groups is 3. The highest BCUT2D eigenvalue weighted by Gasteiger charge is 2.39. The van der Waals surface area contributed by atoms with E-state index in [2.05, 4.69) is 10.1 Å². The number of nitrogens with one attached hydrogen (secondary N) is 3. The molecular weight excluding hydrogens is 549 g/mol. The number of ether oxygens (including phenoxy) is 1. The number of nitrogens with zero attached hydrogens (tertiary/aromatic N) is 1. The summed E-state index contributed by atoms with van der Waals surface area (Å²) >= 11 is 1.48. The Bertz CT molecular complexity index is 1180. The van der Waals surface area contributed by atoms with Gasteiger partial charge in [0.05, 0.1) is 0 Å². The second kappa shape index (κ2) is 11.8. The highest BCUT2D eigenvalue weighted by molar-refractivity contribution is 8.00. The first-order valence-corrected chi connectivity index (χ1v) is 11.8. The van der Waals surface area contributed by atoms with Crippen molar-refractivity contribution in [1.29, 1.82) is 0 Å². The van der Waals surface area contributed by atoms with Gasteiger partial charge in [0.25, 0.3) is 5.91 Å². The summed E-state index contributed by atoms with van der Waals surface area (Å²) in [6.45, 7) is 0.588. The van der Waals surface area contributed by atoms with Gasteiger partial charge in [0.2, 0.25) is 0 Å². The Balaban J connectivity index is 1.54. The van der Waals surface area contributed by atoms with E-state index in [9.17, 15) is 45.1 Å². The number of hydrazine groups is 1.